The first-order valence-electron chi connectivity index (χ1n) is 9.15. The van der Waals surface area contributed by atoms with Gasteiger partial charge in [-0.05, 0) is 30.7 Å². The molecule has 0 fully saturated rings. The average Bonchev–Trinajstić information content (AvgIpc) is 2.95. The number of allylic oxidation sites excluding steroid dienone is 1. The van der Waals surface area contributed by atoms with Gasteiger partial charge in [-0.25, -0.2) is 21.9 Å². The number of nitrogens with one attached hydrogen (secondary N) is 1. The van der Waals surface area contributed by atoms with Crippen LogP contribution in [-0.4, -0.2) is 59.4 Å². The fourth-order valence-corrected chi connectivity index (χ4v) is 4.35. The number of carboxylic acid groups (broad SMARTS) is 1. The second kappa shape index (κ2) is 10.2. The third kappa shape index (κ3) is 6.03. The third-order valence-corrected chi connectivity index (χ3v) is 6.82. The van der Waals surface area contributed by atoms with Crippen LogP contribution in [0.4, 0.5) is 9.18 Å². The van der Waals surface area contributed by atoms with Gasteiger partial charge in [0.2, 0.25) is 10.0 Å². The summed E-state index contributed by atoms with van der Waals surface area (Å²) in [6.07, 6.45) is -0.299. The molecule has 31 heavy (non-hydrogen) atoms. The summed E-state index contributed by atoms with van der Waals surface area (Å²) in [5.41, 5.74) is 2.04. The Labute approximate surface area is 184 Å². The Morgan fingerprint density at radius 1 is 1.39 bits per heavy atom. The maximum absolute atomic E-state index is 14.2. The van der Waals surface area contributed by atoms with Crippen LogP contribution < -0.4 is 5.32 Å². The van der Waals surface area contributed by atoms with Crippen LogP contribution in [0.3, 0.4) is 0 Å². The van der Waals surface area contributed by atoms with Gasteiger partial charge < -0.3 is 15.5 Å². The average molecular weight is 475 g/mol. The maximum atomic E-state index is 14.2. The van der Waals surface area contributed by atoms with E-state index in [0.29, 0.717) is 22.5 Å². The van der Waals surface area contributed by atoms with Crippen LogP contribution in [0, 0.1) is 6.92 Å². The van der Waals surface area contributed by atoms with Crippen LogP contribution in [-0.2, 0) is 29.6 Å². The van der Waals surface area contributed by atoms with Crippen molar-refractivity contribution in [3.05, 3.63) is 57.6 Å². The summed E-state index contributed by atoms with van der Waals surface area (Å²) in [6, 6.07) is 4.51. The minimum absolute atomic E-state index is 0.0233. The molecule has 0 radical (unpaired) electrons. The van der Waals surface area contributed by atoms with Gasteiger partial charge in [0.15, 0.2) is 0 Å². The summed E-state index contributed by atoms with van der Waals surface area (Å²) in [4.78, 5) is 10.4. The third-order valence-electron chi connectivity index (χ3n) is 4.53. The monoisotopic (exact) mass is 474 g/mol. The van der Waals surface area contributed by atoms with E-state index in [4.69, 9.17) is 16.7 Å². The predicted molar refractivity (Wildman–Crippen MR) is 113 cm³/mol. The van der Waals surface area contributed by atoms with Gasteiger partial charge >= 0.3 is 6.09 Å². The second-order valence-corrected chi connectivity index (χ2v) is 9.42. The molecule has 0 spiro atoms. The minimum Gasteiger partial charge on any atom is -0.465 e. The summed E-state index contributed by atoms with van der Waals surface area (Å²) in [5.74, 6) is -0.563. The van der Waals surface area contributed by atoms with Crippen molar-refractivity contribution >= 4 is 27.7 Å². The number of hydrogen-bond acceptors (Lipinski definition) is 5. The Balaban J connectivity index is 2.28. The van der Waals surface area contributed by atoms with Crippen LogP contribution in [0.1, 0.15) is 22.5 Å². The number of aliphatic hydroxyl groups excluding tert-OH is 1. The van der Waals surface area contributed by atoms with E-state index >= 15 is 0 Å². The predicted octanol–water partition coefficient (Wildman–Crippen LogP) is 2.30. The van der Waals surface area contributed by atoms with E-state index in [1.165, 1.54) is 30.9 Å². The van der Waals surface area contributed by atoms with Crippen LogP contribution >= 0.6 is 11.6 Å². The van der Waals surface area contributed by atoms with E-state index in [9.17, 15) is 22.7 Å². The summed E-state index contributed by atoms with van der Waals surface area (Å²) >= 11 is 6.18. The van der Waals surface area contributed by atoms with Crippen molar-refractivity contribution in [1.82, 2.24) is 19.4 Å². The lowest BCUT2D eigenvalue weighted by Gasteiger charge is -2.14. The SMILES string of the molecule is Cc1nn(Cc2ccc(S(=O)(=O)N(C)C)c(Cl)c2)c(CO)c1CC(F)=CCNC(=O)O. The van der Waals surface area contributed by atoms with Gasteiger partial charge in [0.1, 0.15) is 10.7 Å². The summed E-state index contributed by atoms with van der Waals surface area (Å²) in [6.45, 7) is 1.29. The van der Waals surface area contributed by atoms with Gasteiger partial charge in [-0.15, -0.1) is 0 Å². The molecule has 1 heterocycles. The van der Waals surface area contributed by atoms with Gasteiger partial charge in [0.05, 0.1) is 29.6 Å². The number of carbonyl (C=O) groups is 1. The number of benzene rings is 1. The van der Waals surface area contributed by atoms with Crippen LogP contribution in [0.15, 0.2) is 35.0 Å². The topological polar surface area (TPSA) is 125 Å². The Morgan fingerprint density at radius 3 is 2.61 bits per heavy atom. The minimum atomic E-state index is -3.69. The van der Waals surface area contributed by atoms with Gasteiger partial charge in [-0.1, -0.05) is 17.7 Å². The van der Waals surface area contributed by atoms with Crippen molar-refractivity contribution in [2.24, 2.45) is 0 Å². The lowest BCUT2D eigenvalue weighted by atomic mass is 10.1. The first-order valence-corrected chi connectivity index (χ1v) is 11.0. The zero-order chi connectivity index (χ0) is 23.3. The van der Waals surface area contributed by atoms with E-state index in [2.05, 4.69) is 5.10 Å². The molecule has 0 bridgehead atoms. The molecule has 1 aromatic carbocycles. The zero-order valence-electron chi connectivity index (χ0n) is 17.3. The standard InChI is InChI=1S/C19H24ClFN4O5S/c1-12-15(9-14(21)6-7-22-19(27)28)17(11-26)25(23-12)10-13-4-5-18(16(20)8-13)31(29,30)24(2)3/h4-6,8,22,26H,7,9-11H2,1-3H3,(H,27,28). The molecular formula is C19H24ClFN4O5S. The number of amides is 1. The van der Waals surface area contributed by atoms with Crippen LogP contribution in [0.5, 0.6) is 0 Å². The number of hydrogen-bond donors (Lipinski definition) is 3. The highest BCUT2D eigenvalue weighted by Crippen LogP contribution is 2.26. The van der Waals surface area contributed by atoms with Gasteiger partial charge in [0.25, 0.3) is 0 Å². The molecule has 2 rings (SSSR count). The number of aryl methyl sites for hydroxylation is 1. The highest BCUT2D eigenvalue weighted by molar-refractivity contribution is 7.89. The van der Waals surface area contributed by atoms with Crippen molar-refractivity contribution in [2.75, 3.05) is 20.6 Å². The van der Waals surface area contributed by atoms with Crippen molar-refractivity contribution in [3.8, 4) is 0 Å². The quantitative estimate of drug-likeness (QED) is 0.512. The lowest BCUT2D eigenvalue weighted by molar-refractivity contribution is 0.195. The van der Waals surface area contributed by atoms with Gasteiger partial charge in [-0.3, -0.25) is 4.68 Å². The van der Waals surface area contributed by atoms with Gasteiger partial charge in [-0.2, -0.15) is 5.10 Å². The first-order chi connectivity index (χ1) is 14.5. The molecule has 9 nitrogen and oxygen atoms in total. The molecule has 1 aromatic heterocycles. The smallest absolute Gasteiger partial charge is 0.404 e. The number of aliphatic hydroxyl groups is 1. The van der Waals surface area contributed by atoms with Crippen molar-refractivity contribution < 1.29 is 27.8 Å². The summed E-state index contributed by atoms with van der Waals surface area (Å²) in [7, 11) is -0.872. The van der Waals surface area contributed by atoms with E-state index in [0.717, 1.165) is 10.4 Å². The molecule has 170 valence electrons. The molecular weight excluding hydrogens is 451 g/mol. The number of sulfonamides is 1. The largest absolute Gasteiger partial charge is 0.465 e. The van der Waals surface area contributed by atoms with Crippen LogP contribution in [0.2, 0.25) is 5.02 Å². The fraction of sp³-hybridized carbons (Fsp3) is 0.368. The summed E-state index contributed by atoms with van der Waals surface area (Å²) < 4.78 is 41.3. The molecule has 12 heteroatoms. The molecule has 0 aliphatic rings. The number of aromatic nitrogens is 2. The highest BCUT2D eigenvalue weighted by Gasteiger charge is 2.21. The lowest BCUT2D eigenvalue weighted by Crippen LogP contribution is -2.22. The molecule has 0 aliphatic carbocycles. The molecule has 1 amide bonds. The first kappa shape index (κ1) is 24.8. The fourth-order valence-electron chi connectivity index (χ4n) is 2.92. The van der Waals surface area contributed by atoms with Crippen molar-refractivity contribution in [2.45, 2.75) is 31.4 Å². The van der Waals surface area contributed by atoms with E-state index in [1.807, 2.05) is 5.32 Å². The molecule has 3 N–H and O–H groups in total. The summed E-state index contributed by atoms with van der Waals surface area (Å²) in [5, 5.41) is 24.8. The number of nitrogens with zero attached hydrogens (tertiary/aromatic N) is 3. The van der Waals surface area contributed by atoms with E-state index in [-0.39, 0.29) is 29.4 Å². The van der Waals surface area contributed by atoms with E-state index in [1.54, 1.807) is 13.0 Å². The molecule has 0 saturated carbocycles. The van der Waals surface area contributed by atoms with Gasteiger partial charge in [0, 0.05) is 32.6 Å². The molecule has 0 unspecified atom stereocenters. The maximum Gasteiger partial charge on any atom is 0.404 e. The Hall–Kier alpha value is -2.47. The van der Waals surface area contributed by atoms with Crippen molar-refractivity contribution in [1.29, 1.82) is 0 Å². The zero-order valence-corrected chi connectivity index (χ0v) is 18.8. The Kier molecular flexibility index (Phi) is 8.18. The normalized spacial score (nSPS) is 12.4. The van der Waals surface area contributed by atoms with Crippen molar-refractivity contribution in [3.63, 3.8) is 0 Å². The second-order valence-electron chi connectivity index (χ2n) is 6.89. The van der Waals surface area contributed by atoms with E-state index < -0.39 is 28.6 Å². The molecule has 0 saturated heterocycles. The number of rotatable bonds is 9. The Bertz CT molecular complexity index is 1100. The highest BCUT2D eigenvalue weighted by atomic mass is 35.5. The number of halogens is 2. The molecule has 0 atom stereocenters. The molecule has 2 aromatic rings. The Morgan fingerprint density at radius 2 is 2.06 bits per heavy atom. The van der Waals surface area contributed by atoms with Crippen LogP contribution in [0.25, 0.3) is 0 Å². The molecule has 0 aliphatic heterocycles.